The third-order valence-corrected chi connectivity index (χ3v) is 6.63. The van der Waals surface area contributed by atoms with Gasteiger partial charge in [0.2, 0.25) is 5.91 Å². The van der Waals surface area contributed by atoms with E-state index in [1.807, 2.05) is 4.90 Å². The molecule has 3 heterocycles. The zero-order valence-electron chi connectivity index (χ0n) is 15.7. The Kier molecular flexibility index (Phi) is 4.47. The van der Waals surface area contributed by atoms with Gasteiger partial charge in [-0.3, -0.25) is 19.7 Å². The zero-order valence-corrected chi connectivity index (χ0v) is 16.5. The van der Waals surface area contributed by atoms with E-state index in [-0.39, 0.29) is 5.91 Å². The number of carbonyl (C=O) groups excluding carboxylic acids is 1. The van der Waals surface area contributed by atoms with E-state index in [0.717, 1.165) is 67.8 Å². The highest BCUT2D eigenvalue weighted by atomic mass is 32.1. The molecule has 0 spiro atoms. The second-order valence-electron chi connectivity index (χ2n) is 8.17. The Labute approximate surface area is 163 Å². The van der Waals surface area contributed by atoms with Gasteiger partial charge < -0.3 is 0 Å². The Morgan fingerprint density at radius 2 is 2.11 bits per heavy atom. The van der Waals surface area contributed by atoms with E-state index in [0.29, 0.717) is 17.9 Å². The van der Waals surface area contributed by atoms with Crippen molar-refractivity contribution in [1.82, 2.24) is 25.1 Å². The minimum atomic E-state index is 0.104. The summed E-state index contributed by atoms with van der Waals surface area (Å²) < 4.78 is 0. The van der Waals surface area contributed by atoms with Crippen molar-refractivity contribution in [2.24, 2.45) is 0 Å². The van der Waals surface area contributed by atoms with Gasteiger partial charge in [0.15, 0.2) is 11.0 Å². The highest BCUT2D eigenvalue weighted by Crippen LogP contribution is 2.38. The van der Waals surface area contributed by atoms with E-state index >= 15 is 0 Å². The average Bonchev–Trinajstić information content (AvgIpc) is 3.58. The van der Waals surface area contributed by atoms with Gasteiger partial charge in [-0.05, 0) is 45.1 Å². The second-order valence-corrected chi connectivity index (χ2v) is 9.01. The van der Waals surface area contributed by atoms with Crippen molar-refractivity contribution in [3.8, 4) is 0 Å². The fraction of sp³-hybridized carbons (Fsp3) is 0.684. The molecule has 0 bridgehead atoms. The van der Waals surface area contributed by atoms with E-state index in [9.17, 15) is 4.79 Å². The Bertz CT molecular complexity index is 824. The van der Waals surface area contributed by atoms with Crippen LogP contribution >= 0.6 is 11.3 Å². The molecule has 0 radical (unpaired) electrons. The fourth-order valence-electron chi connectivity index (χ4n) is 4.01. The van der Waals surface area contributed by atoms with Crippen LogP contribution in [0.3, 0.4) is 0 Å². The molecule has 8 heteroatoms. The number of nitrogens with zero attached hydrogens (tertiary/aromatic N) is 5. The van der Waals surface area contributed by atoms with Crippen LogP contribution in [0.5, 0.6) is 0 Å². The molecule has 2 aromatic rings. The molecule has 3 aliphatic rings. The highest BCUT2D eigenvalue weighted by molar-refractivity contribution is 7.14. The van der Waals surface area contributed by atoms with Gasteiger partial charge in [0, 0.05) is 43.3 Å². The molecular formula is C19H26N6OS. The third kappa shape index (κ3) is 3.78. The summed E-state index contributed by atoms with van der Waals surface area (Å²) in [6.07, 6.45) is 7.01. The molecule has 0 aromatic carbocycles. The van der Waals surface area contributed by atoms with Crippen molar-refractivity contribution in [2.45, 2.75) is 69.9 Å². The third-order valence-electron chi connectivity index (χ3n) is 5.74. The monoisotopic (exact) mass is 386 g/mol. The number of nitrogens with one attached hydrogen (secondary N) is 1. The van der Waals surface area contributed by atoms with Crippen LogP contribution in [-0.2, 0) is 11.3 Å². The molecule has 0 unspecified atom stereocenters. The quantitative estimate of drug-likeness (QED) is 0.826. The molecule has 1 N–H and O–H groups in total. The maximum absolute atomic E-state index is 11.9. The largest absolute Gasteiger partial charge is 0.297 e. The van der Waals surface area contributed by atoms with Crippen molar-refractivity contribution in [3.63, 3.8) is 0 Å². The topological polar surface area (TPSA) is 78.0 Å². The maximum atomic E-state index is 11.9. The summed E-state index contributed by atoms with van der Waals surface area (Å²) in [5.74, 6) is 3.19. The molecule has 144 valence electrons. The van der Waals surface area contributed by atoms with Crippen molar-refractivity contribution in [2.75, 3.05) is 18.0 Å². The lowest BCUT2D eigenvalue weighted by Gasteiger charge is -2.30. The number of H-pyrrole nitrogens is 1. The summed E-state index contributed by atoms with van der Waals surface area (Å²) in [5, 5.41) is 10.6. The lowest BCUT2D eigenvalue weighted by molar-refractivity contribution is -0.116. The summed E-state index contributed by atoms with van der Waals surface area (Å²) in [7, 11) is 0. The number of hydrogen-bond donors (Lipinski definition) is 1. The zero-order chi connectivity index (χ0) is 18.4. The lowest BCUT2D eigenvalue weighted by atomic mass is 9.97. The fourth-order valence-corrected chi connectivity index (χ4v) is 4.94. The van der Waals surface area contributed by atoms with Crippen LogP contribution in [0.4, 0.5) is 5.13 Å². The standard InChI is InChI=1S/C19H26N6OS/c1-12(26)25(16-6-7-16)19-20-15(11-27-19)10-24-8-2-3-14(9-24)18-21-17(22-23-18)13-4-5-13/h11,13-14,16H,2-10H2,1H3,(H,21,22,23)/t14-/m1/s1. The summed E-state index contributed by atoms with van der Waals surface area (Å²) in [6, 6.07) is 0.368. The molecule has 2 saturated carbocycles. The smallest absolute Gasteiger partial charge is 0.225 e. The first-order valence-electron chi connectivity index (χ1n) is 10.1. The van der Waals surface area contributed by atoms with Gasteiger partial charge in [-0.1, -0.05) is 0 Å². The minimum absolute atomic E-state index is 0.104. The summed E-state index contributed by atoms with van der Waals surface area (Å²) in [5.41, 5.74) is 1.07. The molecule has 3 fully saturated rings. The number of thiazole rings is 1. The predicted octanol–water partition coefficient (Wildman–Crippen LogP) is 3.03. The Morgan fingerprint density at radius 3 is 2.85 bits per heavy atom. The van der Waals surface area contributed by atoms with Crippen LogP contribution < -0.4 is 4.90 Å². The highest BCUT2D eigenvalue weighted by Gasteiger charge is 2.34. The van der Waals surface area contributed by atoms with E-state index in [1.54, 1.807) is 18.3 Å². The number of aromatic nitrogens is 4. The predicted molar refractivity (Wildman–Crippen MR) is 104 cm³/mol. The summed E-state index contributed by atoms with van der Waals surface area (Å²) in [6.45, 7) is 4.54. The lowest BCUT2D eigenvalue weighted by Crippen LogP contribution is -2.34. The van der Waals surface area contributed by atoms with Crippen LogP contribution in [0.2, 0.25) is 0 Å². The second kappa shape index (κ2) is 6.98. The first-order chi connectivity index (χ1) is 13.2. The van der Waals surface area contributed by atoms with Crippen LogP contribution in [0.15, 0.2) is 5.38 Å². The number of aromatic amines is 1. The van der Waals surface area contributed by atoms with Crippen molar-refractivity contribution >= 4 is 22.4 Å². The van der Waals surface area contributed by atoms with E-state index in [1.165, 1.54) is 12.8 Å². The molecule has 27 heavy (non-hydrogen) atoms. The van der Waals surface area contributed by atoms with Gasteiger partial charge in [-0.2, -0.15) is 5.10 Å². The van der Waals surface area contributed by atoms with Crippen molar-refractivity contribution < 1.29 is 4.79 Å². The van der Waals surface area contributed by atoms with E-state index in [4.69, 9.17) is 9.97 Å². The van der Waals surface area contributed by atoms with Gasteiger partial charge >= 0.3 is 0 Å². The Morgan fingerprint density at radius 1 is 1.26 bits per heavy atom. The number of hydrogen-bond acceptors (Lipinski definition) is 6. The van der Waals surface area contributed by atoms with Crippen LogP contribution in [0.25, 0.3) is 0 Å². The molecular weight excluding hydrogens is 360 g/mol. The molecule has 5 rings (SSSR count). The number of piperidine rings is 1. The van der Waals surface area contributed by atoms with Crippen LogP contribution in [-0.4, -0.2) is 50.1 Å². The van der Waals surface area contributed by atoms with E-state index < -0.39 is 0 Å². The number of carbonyl (C=O) groups is 1. The first-order valence-corrected chi connectivity index (χ1v) is 10.9. The number of anilines is 1. The van der Waals surface area contributed by atoms with Crippen molar-refractivity contribution in [3.05, 3.63) is 22.7 Å². The summed E-state index contributed by atoms with van der Waals surface area (Å²) in [4.78, 5) is 25.8. The SMILES string of the molecule is CC(=O)N(c1nc(CN2CCC[C@@H](c3n[nH]c(C4CC4)n3)C2)cs1)C1CC1. The molecule has 1 atom stereocenters. The number of rotatable bonds is 6. The maximum Gasteiger partial charge on any atom is 0.225 e. The molecule has 1 saturated heterocycles. The molecule has 2 aromatic heterocycles. The van der Waals surface area contributed by atoms with Gasteiger partial charge in [-0.25, -0.2) is 9.97 Å². The molecule has 1 aliphatic heterocycles. The van der Waals surface area contributed by atoms with Crippen LogP contribution in [0, 0.1) is 0 Å². The normalized spacial score (nSPS) is 23.5. The average molecular weight is 387 g/mol. The van der Waals surface area contributed by atoms with Crippen LogP contribution in [0.1, 0.15) is 74.6 Å². The van der Waals surface area contributed by atoms with Gasteiger partial charge in [0.25, 0.3) is 0 Å². The Hall–Kier alpha value is -1.80. The van der Waals surface area contributed by atoms with Crippen molar-refractivity contribution in [1.29, 1.82) is 0 Å². The minimum Gasteiger partial charge on any atom is -0.297 e. The molecule has 2 aliphatic carbocycles. The molecule has 1 amide bonds. The summed E-state index contributed by atoms with van der Waals surface area (Å²) >= 11 is 1.59. The Balaban J connectivity index is 1.23. The van der Waals surface area contributed by atoms with Gasteiger partial charge in [0.05, 0.1) is 5.69 Å². The molecule has 7 nitrogen and oxygen atoms in total. The first kappa shape index (κ1) is 17.3. The number of amides is 1. The van der Waals surface area contributed by atoms with Gasteiger partial charge in [0.1, 0.15) is 5.82 Å². The van der Waals surface area contributed by atoms with Gasteiger partial charge in [-0.15, -0.1) is 11.3 Å². The number of likely N-dealkylation sites (tertiary alicyclic amines) is 1. The van der Waals surface area contributed by atoms with E-state index in [2.05, 4.69) is 20.5 Å².